The molecular weight excluding hydrogens is 284 g/mol. The lowest BCUT2D eigenvalue weighted by Gasteiger charge is -2.04. The summed E-state index contributed by atoms with van der Waals surface area (Å²) >= 11 is 3.36. The maximum absolute atomic E-state index is 4.35. The minimum Gasteiger partial charge on any atom is -0.320 e. The van der Waals surface area contributed by atoms with Crippen LogP contribution < -0.4 is 5.32 Å². The molecule has 86 valence electrons. The van der Waals surface area contributed by atoms with Crippen molar-refractivity contribution in [3.63, 3.8) is 0 Å². The first kappa shape index (κ1) is 10.3. The van der Waals surface area contributed by atoms with Gasteiger partial charge in [-0.25, -0.2) is 9.97 Å². The highest BCUT2D eigenvalue weighted by atomic mass is 79.9. The van der Waals surface area contributed by atoms with Crippen molar-refractivity contribution in [1.29, 1.82) is 0 Å². The molecule has 0 aliphatic rings. The summed E-state index contributed by atoms with van der Waals surface area (Å²) in [5, 5.41) is 7.38. The highest BCUT2D eigenvalue weighted by Crippen LogP contribution is 2.19. The van der Waals surface area contributed by atoms with E-state index in [0.717, 1.165) is 16.1 Å². The van der Waals surface area contributed by atoms with Gasteiger partial charge in [0.05, 0.1) is 0 Å². The SMILES string of the molecule is Cn1ccc(Nc2nc(Br)cn3ccnc23)n1. The van der Waals surface area contributed by atoms with Crippen LogP contribution in [0, 0.1) is 0 Å². The molecule has 7 heteroatoms. The van der Waals surface area contributed by atoms with Gasteiger partial charge in [0.1, 0.15) is 4.60 Å². The lowest BCUT2D eigenvalue weighted by atomic mass is 10.5. The molecular formula is C10H9BrN6. The van der Waals surface area contributed by atoms with Crippen molar-refractivity contribution in [2.45, 2.75) is 0 Å². The average molecular weight is 293 g/mol. The minimum atomic E-state index is 0.670. The molecule has 0 atom stereocenters. The highest BCUT2D eigenvalue weighted by molar-refractivity contribution is 9.10. The van der Waals surface area contributed by atoms with Gasteiger partial charge in [-0.2, -0.15) is 5.10 Å². The average Bonchev–Trinajstić information content (AvgIpc) is 2.87. The lowest BCUT2D eigenvalue weighted by Crippen LogP contribution is -2.00. The van der Waals surface area contributed by atoms with Crippen molar-refractivity contribution in [3.05, 3.63) is 35.5 Å². The molecule has 1 N–H and O–H groups in total. The number of nitrogens with one attached hydrogen (secondary N) is 1. The molecule has 0 spiro atoms. The summed E-state index contributed by atoms with van der Waals surface area (Å²) < 4.78 is 4.35. The van der Waals surface area contributed by atoms with Crippen LogP contribution >= 0.6 is 15.9 Å². The smallest absolute Gasteiger partial charge is 0.180 e. The summed E-state index contributed by atoms with van der Waals surface area (Å²) in [5.41, 5.74) is 0.763. The number of anilines is 2. The first-order valence-corrected chi connectivity index (χ1v) is 5.77. The summed E-state index contributed by atoms with van der Waals surface area (Å²) in [4.78, 5) is 8.60. The fraction of sp³-hybridized carbons (Fsp3) is 0.100. The largest absolute Gasteiger partial charge is 0.320 e. The van der Waals surface area contributed by atoms with Crippen LogP contribution in [0.4, 0.5) is 11.6 Å². The van der Waals surface area contributed by atoms with Gasteiger partial charge < -0.3 is 9.72 Å². The molecule has 0 saturated carbocycles. The van der Waals surface area contributed by atoms with Gasteiger partial charge in [0.2, 0.25) is 0 Å². The Hall–Kier alpha value is -1.89. The highest BCUT2D eigenvalue weighted by Gasteiger charge is 2.07. The molecule has 0 bridgehead atoms. The zero-order chi connectivity index (χ0) is 11.8. The Labute approximate surface area is 105 Å². The predicted octanol–water partition coefficient (Wildman–Crippen LogP) is 1.97. The topological polar surface area (TPSA) is 60.0 Å². The third kappa shape index (κ3) is 1.89. The number of imidazole rings is 1. The predicted molar refractivity (Wildman–Crippen MR) is 67.2 cm³/mol. The van der Waals surface area contributed by atoms with E-state index >= 15 is 0 Å². The fourth-order valence-electron chi connectivity index (χ4n) is 1.59. The van der Waals surface area contributed by atoms with Crippen LogP contribution in [-0.2, 0) is 7.05 Å². The van der Waals surface area contributed by atoms with Crippen molar-refractivity contribution in [2.24, 2.45) is 7.05 Å². The summed E-state index contributed by atoms with van der Waals surface area (Å²) in [6.07, 6.45) is 7.31. The molecule has 0 fully saturated rings. The Morgan fingerprint density at radius 1 is 1.35 bits per heavy atom. The number of aromatic nitrogens is 5. The van der Waals surface area contributed by atoms with Gasteiger partial charge in [-0.3, -0.25) is 4.68 Å². The Bertz CT molecular complexity index is 670. The quantitative estimate of drug-likeness (QED) is 0.784. The zero-order valence-corrected chi connectivity index (χ0v) is 10.6. The van der Waals surface area contributed by atoms with Crippen molar-refractivity contribution < 1.29 is 0 Å². The van der Waals surface area contributed by atoms with E-state index in [4.69, 9.17) is 0 Å². The van der Waals surface area contributed by atoms with Crippen LogP contribution in [0.15, 0.2) is 35.5 Å². The summed E-state index contributed by atoms with van der Waals surface area (Å²) in [6.45, 7) is 0. The third-order valence-corrected chi connectivity index (χ3v) is 2.69. The van der Waals surface area contributed by atoms with Gasteiger partial charge in [0, 0.05) is 37.9 Å². The third-order valence-electron chi connectivity index (χ3n) is 2.30. The maximum atomic E-state index is 4.35. The molecule has 3 aromatic heterocycles. The molecule has 0 aliphatic carbocycles. The number of halogens is 1. The fourth-order valence-corrected chi connectivity index (χ4v) is 1.99. The molecule has 3 rings (SSSR count). The molecule has 0 aromatic carbocycles. The second kappa shape index (κ2) is 3.85. The molecule has 0 radical (unpaired) electrons. The van der Waals surface area contributed by atoms with Crippen LogP contribution in [-0.4, -0.2) is 24.1 Å². The van der Waals surface area contributed by atoms with Crippen molar-refractivity contribution >= 4 is 33.2 Å². The Kier molecular flexibility index (Phi) is 2.32. The van der Waals surface area contributed by atoms with Crippen LogP contribution in [0.5, 0.6) is 0 Å². The Morgan fingerprint density at radius 3 is 3.00 bits per heavy atom. The van der Waals surface area contributed by atoms with Crippen molar-refractivity contribution in [2.75, 3.05) is 5.32 Å². The molecule has 3 aromatic rings. The number of aryl methyl sites for hydroxylation is 1. The molecule has 0 aliphatic heterocycles. The zero-order valence-electron chi connectivity index (χ0n) is 9.00. The van der Waals surface area contributed by atoms with Crippen molar-refractivity contribution in [3.8, 4) is 0 Å². The van der Waals surface area contributed by atoms with E-state index in [1.54, 1.807) is 10.9 Å². The van der Waals surface area contributed by atoms with Gasteiger partial charge in [0.15, 0.2) is 17.3 Å². The molecule has 0 saturated heterocycles. The van der Waals surface area contributed by atoms with E-state index in [1.807, 2.05) is 36.1 Å². The Balaban J connectivity index is 2.07. The van der Waals surface area contributed by atoms with Crippen LogP contribution in [0.25, 0.3) is 5.65 Å². The van der Waals surface area contributed by atoms with Crippen LogP contribution in [0.1, 0.15) is 0 Å². The van der Waals surface area contributed by atoms with E-state index in [-0.39, 0.29) is 0 Å². The molecule has 3 heterocycles. The number of hydrogen-bond acceptors (Lipinski definition) is 4. The first-order valence-electron chi connectivity index (χ1n) is 4.98. The second-order valence-electron chi connectivity index (χ2n) is 3.57. The van der Waals surface area contributed by atoms with E-state index in [1.165, 1.54) is 0 Å². The summed E-state index contributed by atoms with van der Waals surface area (Å²) in [7, 11) is 1.87. The van der Waals surface area contributed by atoms with Gasteiger partial charge >= 0.3 is 0 Å². The van der Waals surface area contributed by atoms with E-state index in [9.17, 15) is 0 Å². The van der Waals surface area contributed by atoms with Crippen LogP contribution in [0.2, 0.25) is 0 Å². The van der Waals surface area contributed by atoms with E-state index in [2.05, 4.69) is 36.3 Å². The molecule has 17 heavy (non-hydrogen) atoms. The summed E-state index contributed by atoms with van der Waals surface area (Å²) in [6, 6.07) is 1.88. The Morgan fingerprint density at radius 2 is 2.24 bits per heavy atom. The second-order valence-corrected chi connectivity index (χ2v) is 4.38. The van der Waals surface area contributed by atoms with Gasteiger partial charge in [-0.05, 0) is 15.9 Å². The maximum Gasteiger partial charge on any atom is 0.180 e. The number of fused-ring (bicyclic) bond motifs is 1. The van der Waals surface area contributed by atoms with Gasteiger partial charge in [-0.1, -0.05) is 0 Å². The first-order chi connectivity index (χ1) is 8.22. The van der Waals surface area contributed by atoms with Gasteiger partial charge in [-0.15, -0.1) is 0 Å². The van der Waals surface area contributed by atoms with Gasteiger partial charge in [0.25, 0.3) is 0 Å². The van der Waals surface area contributed by atoms with Crippen LogP contribution in [0.3, 0.4) is 0 Å². The lowest BCUT2D eigenvalue weighted by molar-refractivity contribution is 0.771. The molecule has 6 nitrogen and oxygen atoms in total. The standard InChI is InChI=1S/C10H9BrN6/c1-16-4-2-8(15-16)14-9-10-12-3-5-17(10)6-7(11)13-9/h2-6H,1H3,(H,13,14,15). The summed E-state index contributed by atoms with van der Waals surface area (Å²) in [5.74, 6) is 1.41. The monoisotopic (exact) mass is 292 g/mol. The van der Waals surface area contributed by atoms with E-state index in [0.29, 0.717) is 5.82 Å². The molecule has 0 unspecified atom stereocenters. The number of rotatable bonds is 2. The normalized spacial score (nSPS) is 10.9. The van der Waals surface area contributed by atoms with E-state index < -0.39 is 0 Å². The number of hydrogen-bond donors (Lipinski definition) is 1. The molecule has 0 amide bonds. The van der Waals surface area contributed by atoms with Crippen molar-refractivity contribution in [1.82, 2.24) is 24.1 Å². The number of nitrogens with zero attached hydrogens (tertiary/aromatic N) is 5. The minimum absolute atomic E-state index is 0.670.